The topological polar surface area (TPSA) is 38.9 Å². The summed E-state index contributed by atoms with van der Waals surface area (Å²) in [4.78, 5) is 9.37. The molecule has 2 aromatic heterocycles. The number of rotatable bonds is 4. The standard InChI is InChI=1S/C21H16ClN3O/c1-26-18-11-5-15(6-12-18)21-19(25-13-3-2-4-20(25)24-21)14-23-17-9-7-16(22)8-10-17/h2-14H,1H3. The van der Waals surface area contributed by atoms with Crippen molar-refractivity contribution in [3.8, 4) is 17.0 Å². The molecular formula is C21H16ClN3O. The van der Waals surface area contributed by atoms with Crippen LogP contribution in [0.15, 0.2) is 77.9 Å². The van der Waals surface area contributed by atoms with Crippen molar-refractivity contribution in [2.24, 2.45) is 4.99 Å². The Hall–Kier alpha value is -3.11. The Morgan fingerprint density at radius 3 is 2.50 bits per heavy atom. The summed E-state index contributed by atoms with van der Waals surface area (Å²) in [6, 6.07) is 21.2. The van der Waals surface area contributed by atoms with E-state index in [1.807, 2.05) is 83.5 Å². The van der Waals surface area contributed by atoms with Crippen LogP contribution in [0.5, 0.6) is 5.75 Å². The van der Waals surface area contributed by atoms with Crippen molar-refractivity contribution in [1.82, 2.24) is 9.38 Å². The first-order chi connectivity index (χ1) is 12.7. The van der Waals surface area contributed by atoms with E-state index in [1.165, 1.54) is 0 Å². The highest BCUT2D eigenvalue weighted by Crippen LogP contribution is 2.26. The average Bonchev–Trinajstić information content (AvgIpc) is 3.06. The van der Waals surface area contributed by atoms with Gasteiger partial charge in [0.15, 0.2) is 0 Å². The van der Waals surface area contributed by atoms with Crippen molar-refractivity contribution >= 4 is 29.2 Å². The fraction of sp³-hybridized carbons (Fsp3) is 0.0476. The van der Waals surface area contributed by atoms with Gasteiger partial charge in [-0.05, 0) is 60.7 Å². The molecule has 128 valence electrons. The van der Waals surface area contributed by atoms with Crippen LogP contribution in [-0.4, -0.2) is 22.7 Å². The first-order valence-corrected chi connectivity index (χ1v) is 8.53. The van der Waals surface area contributed by atoms with Crippen molar-refractivity contribution in [2.75, 3.05) is 7.11 Å². The number of benzene rings is 2. The Morgan fingerprint density at radius 1 is 1.00 bits per heavy atom. The van der Waals surface area contributed by atoms with E-state index in [9.17, 15) is 0 Å². The third-order valence-electron chi connectivity index (χ3n) is 4.09. The number of imidazole rings is 1. The summed E-state index contributed by atoms with van der Waals surface area (Å²) in [5, 5.41) is 0.692. The molecule has 0 aliphatic carbocycles. The summed E-state index contributed by atoms with van der Waals surface area (Å²) in [6.07, 6.45) is 3.82. The SMILES string of the molecule is COc1ccc(-c2nc3ccccn3c2C=Nc2ccc(Cl)cc2)cc1. The van der Waals surface area contributed by atoms with Crippen molar-refractivity contribution in [2.45, 2.75) is 0 Å². The minimum absolute atomic E-state index is 0.692. The van der Waals surface area contributed by atoms with Gasteiger partial charge in [-0.2, -0.15) is 0 Å². The lowest BCUT2D eigenvalue weighted by Gasteiger charge is -2.03. The van der Waals surface area contributed by atoms with Gasteiger partial charge in [0.25, 0.3) is 0 Å². The van der Waals surface area contributed by atoms with Gasteiger partial charge in [-0.1, -0.05) is 17.7 Å². The second kappa shape index (κ2) is 7.02. The number of methoxy groups -OCH3 is 1. The Labute approximate surface area is 156 Å². The van der Waals surface area contributed by atoms with Crippen LogP contribution < -0.4 is 4.74 Å². The van der Waals surface area contributed by atoms with Crippen LogP contribution in [0.3, 0.4) is 0 Å². The average molecular weight is 362 g/mol. The van der Waals surface area contributed by atoms with E-state index in [4.69, 9.17) is 21.3 Å². The highest BCUT2D eigenvalue weighted by atomic mass is 35.5. The number of pyridine rings is 1. The third kappa shape index (κ3) is 3.19. The predicted molar refractivity (Wildman–Crippen MR) is 106 cm³/mol. The number of hydrogen-bond acceptors (Lipinski definition) is 3. The van der Waals surface area contributed by atoms with Gasteiger partial charge in [0.2, 0.25) is 0 Å². The summed E-state index contributed by atoms with van der Waals surface area (Å²) in [6.45, 7) is 0. The van der Waals surface area contributed by atoms with Gasteiger partial charge in [0, 0.05) is 16.8 Å². The van der Waals surface area contributed by atoms with Crippen LogP contribution in [-0.2, 0) is 0 Å². The molecule has 0 saturated carbocycles. The minimum Gasteiger partial charge on any atom is -0.497 e. The van der Waals surface area contributed by atoms with Crippen LogP contribution in [0.2, 0.25) is 5.02 Å². The molecule has 4 nitrogen and oxygen atoms in total. The molecule has 4 aromatic rings. The Bertz CT molecular complexity index is 1070. The number of hydrogen-bond donors (Lipinski definition) is 0. The molecule has 2 heterocycles. The molecule has 0 amide bonds. The number of ether oxygens (including phenoxy) is 1. The Balaban J connectivity index is 1.82. The minimum atomic E-state index is 0.692. The van der Waals surface area contributed by atoms with E-state index in [0.29, 0.717) is 5.02 Å². The van der Waals surface area contributed by atoms with Crippen molar-refractivity contribution < 1.29 is 4.74 Å². The molecule has 4 rings (SSSR count). The molecule has 0 unspecified atom stereocenters. The maximum Gasteiger partial charge on any atom is 0.137 e. The molecule has 0 N–H and O–H groups in total. The lowest BCUT2D eigenvalue weighted by Crippen LogP contribution is -1.93. The molecular weight excluding hydrogens is 346 g/mol. The van der Waals surface area contributed by atoms with Gasteiger partial charge in [-0.3, -0.25) is 9.39 Å². The quantitative estimate of drug-likeness (QED) is 0.455. The predicted octanol–water partition coefficient (Wildman–Crippen LogP) is 5.41. The second-order valence-corrected chi connectivity index (χ2v) is 6.17. The van der Waals surface area contributed by atoms with Crippen molar-refractivity contribution in [1.29, 1.82) is 0 Å². The van der Waals surface area contributed by atoms with E-state index >= 15 is 0 Å². The monoisotopic (exact) mass is 361 g/mol. The largest absolute Gasteiger partial charge is 0.497 e. The zero-order chi connectivity index (χ0) is 17.9. The first kappa shape index (κ1) is 16.4. The summed E-state index contributed by atoms with van der Waals surface area (Å²) in [5.74, 6) is 0.814. The zero-order valence-electron chi connectivity index (χ0n) is 14.1. The summed E-state index contributed by atoms with van der Waals surface area (Å²) in [7, 11) is 1.66. The van der Waals surface area contributed by atoms with Gasteiger partial charge < -0.3 is 4.74 Å². The molecule has 5 heteroatoms. The van der Waals surface area contributed by atoms with Crippen LogP contribution in [0.4, 0.5) is 5.69 Å². The summed E-state index contributed by atoms with van der Waals surface area (Å²) in [5.41, 5.74) is 4.50. The van der Waals surface area contributed by atoms with Crippen LogP contribution >= 0.6 is 11.6 Å². The van der Waals surface area contributed by atoms with Gasteiger partial charge in [-0.15, -0.1) is 0 Å². The third-order valence-corrected chi connectivity index (χ3v) is 4.34. The molecule has 0 atom stereocenters. The van der Waals surface area contributed by atoms with Gasteiger partial charge in [0.1, 0.15) is 11.4 Å². The number of aromatic nitrogens is 2. The van der Waals surface area contributed by atoms with E-state index in [0.717, 1.165) is 34.0 Å². The lowest BCUT2D eigenvalue weighted by molar-refractivity contribution is 0.415. The van der Waals surface area contributed by atoms with Crippen LogP contribution in [0.25, 0.3) is 16.9 Å². The highest BCUT2D eigenvalue weighted by molar-refractivity contribution is 6.30. The molecule has 0 aliphatic heterocycles. The van der Waals surface area contributed by atoms with Crippen LogP contribution in [0.1, 0.15) is 5.69 Å². The Morgan fingerprint density at radius 2 is 1.77 bits per heavy atom. The number of aliphatic imine (C=N–C) groups is 1. The first-order valence-electron chi connectivity index (χ1n) is 8.16. The molecule has 0 radical (unpaired) electrons. The molecule has 0 bridgehead atoms. The maximum absolute atomic E-state index is 5.94. The molecule has 0 spiro atoms. The number of fused-ring (bicyclic) bond motifs is 1. The van der Waals surface area contributed by atoms with E-state index in [-0.39, 0.29) is 0 Å². The highest BCUT2D eigenvalue weighted by Gasteiger charge is 2.12. The van der Waals surface area contributed by atoms with E-state index < -0.39 is 0 Å². The van der Waals surface area contributed by atoms with E-state index in [1.54, 1.807) is 7.11 Å². The Kier molecular flexibility index (Phi) is 4.42. The maximum atomic E-state index is 5.94. The molecule has 0 aliphatic rings. The van der Waals surface area contributed by atoms with Crippen molar-refractivity contribution in [3.05, 3.63) is 83.6 Å². The van der Waals surface area contributed by atoms with Gasteiger partial charge in [-0.25, -0.2) is 4.98 Å². The molecule has 0 fully saturated rings. The fourth-order valence-corrected chi connectivity index (χ4v) is 2.89. The lowest BCUT2D eigenvalue weighted by atomic mass is 10.1. The summed E-state index contributed by atoms with van der Waals surface area (Å²) >= 11 is 5.94. The normalized spacial score (nSPS) is 11.3. The van der Waals surface area contributed by atoms with Gasteiger partial charge >= 0.3 is 0 Å². The molecule has 2 aromatic carbocycles. The zero-order valence-corrected chi connectivity index (χ0v) is 14.9. The van der Waals surface area contributed by atoms with Crippen molar-refractivity contribution in [3.63, 3.8) is 0 Å². The summed E-state index contributed by atoms with van der Waals surface area (Å²) < 4.78 is 7.27. The number of halogens is 1. The number of nitrogens with zero attached hydrogens (tertiary/aromatic N) is 3. The molecule has 26 heavy (non-hydrogen) atoms. The fourth-order valence-electron chi connectivity index (χ4n) is 2.76. The van der Waals surface area contributed by atoms with Gasteiger partial charge in [0.05, 0.1) is 30.4 Å². The van der Waals surface area contributed by atoms with Crippen LogP contribution in [0, 0.1) is 0 Å². The molecule has 0 saturated heterocycles. The smallest absolute Gasteiger partial charge is 0.137 e. The van der Waals surface area contributed by atoms with E-state index in [2.05, 4.69) is 4.99 Å². The second-order valence-electron chi connectivity index (χ2n) is 5.74.